The van der Waals surface area contributed by atoms with Crippen LogP contribution in [0.1, 0.15) is 24.4 Å². The zero-order valence-corrected chi connectivity index (χ0v) is 12.3. The smallest absolute Gasteiger partial charge is 0.162 e. The number of benzene rings is 1. The summed E-state index contributed by atoms with van der Waals surface area (Å²) in [6.45, 7) is 4.08. The van der Waals surface area contributed by atoms with Crippen LogP contribution in [-0.4, -0.2) is 31.7 Å². The molecule has 0 bridgehead atoms. The van der Waals surface area contributed by atoms with Gasteiger partial charge in [0, 0.05) is 12.4 Å². The Morgan fingerprint density at radius 3 is 2.86 bits per heavy atom. The van der Waals surface area contributed by atoms with E-state index in [1.807, 2.05) is 47.5 Å². The Kier molecular flexibility index (Phi) is 3.43. The van der Waals surface area contributed by atoms with Gasteiger partial charge in [-0.2, -0.15) is 5.10 Å². The normalized spacial score (nSPS) is 12.3. The fourth-order valence-electron chi connectivity index (χ4n) is 2.33. The lowest BCUT2D eigenvalue weighted by Crippen LogP contribution is -2.13. The monoisotopic (exact) mass is 283 g/mol. The fraction of sp³-hybridized carbons (Fsp3) is 0.267. The number of hydrogen-bond acceptors (Lipinski definition) is 4. The van der Waals surface area contributed by atoms with E-state index in [0.29, 0.717) is 0 Å². The number of rotatable bonds is 4. The third-order valence-electron chi connectivity index (χ3n) is 3.46. The first-order chi connectivity index (χ1) is 10.2. The number of hydrogen-bond donors (Lipinski definition) is 0. The summed E-state index contributed by atoms with van der Waals surface area (Å²) in [5.74, 6) is 1.59. The van der Waals surface area contributed by atoms with Gasteiger partial charge in [0.15, 0.2) is 5.82 Å². The van der Waals surface area contributed by atoms with Crippen molar-refractivity contribution in [2.24, 2.45) is 0 Å². The van der Waals surface area contributed by atoms with Gasteiger partial charge < -0.3 is 4.74 Å². The molecular weight excluding hydrogens is 266 g/mol. The average molecular weight is 283 g/mol. The molecule has 6 nitrogen and oxygen atoms in total. The second kappa shape index (κ2) is 5.40. The molecule has 0 radical (unpaired) electrons. The Labute approximate surface area is 123 Å². The van der Waals surface area contributed by atoms with Crippen molar-refractivity contribution in [1.82, 2.24) is 24.5 Å². The maximum atomic E-state index is 5.45. The van der Waals surface area contributed by atoms with Crippen molar-refractivity contribution < 1.29 is 4.74 Å². The molecule has 0 saturated heterocycles. The summed E-state index contributed by atoms with van der Waals surface area (Å²) in [5, 5.41) is 12.6. The number of ether oxygens (including phenoxy) is 1. The van der Waals surface area contributed by atoms with Crippen molar-refractivity contribution in [3.8, 4) is 11.4 Å². The highest BCUT2D eigenvalue weighted by Crippen LogP contribution is 2.27. The van der Waals surface area contributed by atoms with Crippen molar-refractivity contribution in [2.75, 3.05) is 7.11 Å². The number of nitrogens with zero attached hydrogens (tertiary/aromatic N) is 5. The first kappa shape index (κ1) is 13.4. The second-order valence-electron chi connectivity index (χ2n) is 4.90. The van der Waals surface area contributed by atoms with Crippen LogP contribution in [0.2, 0.25) is 0 Å². The molecule has 3 aromatic rings. The Bertz CT molecular complexity index is 732. The van der Waals surface area contributed by atoms with Crippen LogP contribution in [0.15, 0.2) is 43.0 Å². The second-order valence-corrected chi connectivity index (χ2v) is 4.90. The molecule has 6 heteroatoms. The van der Waals surface area contributed by atoms with Crippen LogP contribution in [0.4, 0.5) is 0 Å². The van der Waals surface area contributed by atoms with Crippen molar-refractivity contribution >= 4 is 0 Å². The van der Waals surface area contributed by atoms with Crippen LogP contribution in [0.25, 0.3) is 5.69 Å². The minimum Gasteiger partial charge on any atom is -0.495 e. The maximum absolute atomic E-state index is 5.45. The van der Waals surface area contributed by atoms with Gasteiger partial charge in [0.1, 0.15) is 18.1 Å². The summed E-state index contributed by atoms with van der Waals surface area (Å²) in [7, 11) is 1.66. The van der Waals surface area contributed by atoms with Crippen LogP contribution >= 0.6 is 0 Å². The van der Waals surface area contributed by atoms with Crippen molar-refractivity contribution in [3.63, 3.8) is 0 Å². The van der Waals surface area contributed by atoms with Gasteiger partial charge in [-0.3, -0.25) is 9.25 Å². The summed E-state index contributed by atoms with van der Waals surface area (Å²) >= 11 is 0. The van der Waals surface area contributed by atoms with Crippen molar-refractivity contribution in [2.45, 2.75) is 19.9 Å². The van der Waals surface area contributed by atoms with E-state index >= 15 is 0 Å². The van der Waals surface area contributed by atoms with E-state index in [0.717, 1.165) is 22.8 Å². The van der Waals surface area contributed by atoms with E-state index in [2.05, 4.69) is 21.4 Å². The molecule has 0 unspecified atom stereocenters. The summed E-state index contributed by atoms with van der Waals surface area (Å²) in [6.07, 6.45) is 5.37. The summed E-state index contributed by atoms with van der Waals surface area (Å²) in [4.78, 5) is 0. The average Bonchev–Trinajstić information content (AvgIpc) is 3.18. The minimum absolute atomic E-state index is 0.0206. The quantitative estimate of drug-likeness (QED) is 0.737. The van der Waals surface area contributed by atoms with E-state index < -0.39 is 0 Å². The number of methoxy groups -OCH3 is 1. The number of aryl methyl sites for hydroxylation is 1. The standard InChI is InChI=1S/C15H17N5O/c1-11-5-6-14(21-3)13(9-11)19-10-16-18-15(19)12(2)20-8-4-7-17-20/h4-10,12H,1-3H3/t12-/m1/s1. The fourth-order valence-corrected chi connectivity index (χ4v) is 2.33. The van der Waals surface area contributed by atoms with Gasteiger partial charge in [0.05, 0.1) is 12.8 Å². The minimum atomic E-state index is -0.0206. The third-order valence-corrected chi connectivity index (χ3v) is 3.46. The lowest BCUT2D eigenvalue weighted by molar-refractivity contribution is 0.411. The molecule has 0 aliphatic carbocycles. The molecule has 21 heavy (non-hydrogen) atoms. The Morgan fingerprint density at radius 2 is 2.14 bits per heavy atom. The van der Waals surface area contributed by atoms with Crippen LogP contribution < -0.4 is 4.74 Å². The molecule has 3 rings (SSSR count). The zero-order valence-electron chi connectivity index (χ0n) is 12.3. The SMILES string of the molecule is COc1ccc(C)cc1-n1cnnc1[C@@H](C)n1cccn1. The van der Waals surface area contributed by atoms with Crippen molar-refractivity contribution in [3.05, 3.63) is 54.4 Å². The molecular formula is C15H17N5O. The van der Waals surface area contributed by atoms with Gasteiger partial charge >= 0.3 is 0 Å². The molecule has 1 atom stereocenters. The van der Waals surface area contributed by atoms with Crippen LogP contribution in [-0.2, 0) is 0 Å². The largest absolute Gasteiger partial charge is 0.495 e. The molecule has 0 aliphatic rings. The lowest BCUT2D eigenvalue weighted by Gasteiger charge is -2.16. The van der Waals surface area contributed by atoms with E-state index in [1.165, 1.54) is 0 Å². The van der Waals surface area contributed by atoms with Crippen molar-refractivity contribution in [1.29, 1.82) is 0 Å². The van der Waals surface area contributed by atoms with Gasteiger partial charge in [-0.05, 0) is 37.6 Å². The Morgan fingerprint density at radius 1 is 1.29 bits per heavy atom. The predicted molar refractivity (Wildman–Crippen MR) is 78.7 cm³/mol. The molecule has 2 aromatic heterocycles. The topological polar surface area (TPSA) is 57.8 Å². The summed E-state index contributed by atoms with van der Waals surface area (Å²) < 4.78 is 9.24. The lowest BCUT2D eigenvalue weighted by atomic mass is 10.2. The molecule has 2 heterocycles. The van der Waals surface area contributed by atoms with Crippen LogP contribution in [0.5, 0.6) is 5.75 Å². The molecule has 0 fully saturated rings. The molecule has 0 saturated carbocycles. The predicted octanol–water partition coefficient (Wildman–Crippen LogP) is 2.39. The van der Waals surface area contributed by atoms with Gasteiger partial charge in [0.2, 0.25) is 0 Å². The highest BCUT2D eigenvalue weighted by molar-refractivity contribution is 5.49. The van der Waals surface area contributed by atoms with E-state index in [9.17, 15) is 0 Å². The van der Waals surface area contributed by atoms with E-state index in [4.69, 9.17) is 4.74 Å². The summed E-state index contributed by atoms with van der Waals surface area (Å²) in [6, 6.07) is 7.90. The number of aromatic nitrogens is 5. The molecule has 108 valence electrons. The van der Waals surface area contributed by atoms with Gasteiger partial charge in [-0.1, -0.05) is 6.07 Å². The Balaban J connectivity index is 2.09. The van der Waals surface area contributed by atoms with Gasteiger partial charge in [0.25, 0.3) is 0 Å². The summed E-state index contributed by atoms with van der Waals surface area (Å²) in [5.41, 5.74) is 2.08. The van der Waals surface area contributed by atoms with Crippen LogP contribution in [0.3, 0.4) is 0 Å². The maximum Gasteiger partial charge on any atom is 0.162 e. The third kappa shape index (κ3) is 2.40. The highest BCUT2D eigenvalue weighted by Gasteiger charge is 2.18. The first-order valence-electron chi connectivity index (χ1n) is 6.74. The molecule has 0 spiro atoms. The van der Waals surface area contributed by atoms with Crippen LogP contribution in [0, 0.1) is 6.92 Å². The van der Waals surface area contributed by atoms with Gasteiger partial charge in [-0.25, -0.2) is 0 Å². The first-order valence-corrected chi connectivity index (χ1v) is 6.74. The Hall–Kier alpha value is -2.63. The molecule has 0 aliphatic heterocycles. The highest BCUT2D eigenvalue weighted by atomic mass is 16.5. The van der Waals surface area contributed by atoms with Gasteiger partial charge in [-0.15, -0.1) is 10.2 Å². The molecule has 0 amide bonds. The zero-order chi connectivity index (χ0) is 14.8. The van der Waals surface area contributed by atoms with E-state index in [-0.39, 0.29) is 6.04 Å². The molecule has 0 N–H and O–H groups in total. The molecule has 1 aromatic carbocycles. The van der Waals surface area contributed by atoms with E-state index in [1.54, 1.807) is 19.6 Å².